The van der Waals surface area contributed by atoms with Gasteiger partial charge >= 0.3 is 0 Å². The number of aryl methyl sites for hydroxylation is 1. The zero-order chi connectivity index (χ0) is 24.0. The van der Waals surface area contributed by atoms with E-state index in [2.05, 4.69) is 4.98 Å². The molecule has 1 aromatic heterocycles. The Balaban J connectivity index is 0.00000149. The number of carbonyl (C=O) groups excluding carboxylic acids is 1. The Bertz CT molecular complexity index is 1280. The van der Waals surface area contributed by atoms with Gasteiger partial charge in [0, 0.05) is 22.6 Å². The highest BCUT2D eigenvalue weighted by Crippen LogP contribution is 2.33. The molecule has 0 bridgehead atoms. The van der Waals surface area contributed by atoms with Crippen LogP contribution < -0.4 is 4.74 Å². The van der Waals surface area contributed by atoms with E-state index in [0.717, 1.165) is 34.1 Å². The number of hydrogen-bond acceptors (Lipinski definition) is 5. The third kappa shape index (κ3) is 5.04. The van der Waals surface area contributed by atoms with Crippen LogP contribution in [-0.4, -0.2) is 28.1 Å². The molecule has 0 saturated carbocycles. The molecule has 0 atom stereocenters. The lowest BCUT2D eigenvalue weighted by molar-refractivity contribution is 0.103. The van der Waals surface area contributed by atoms with Crippen LogP contribution in [0.25, 0.3) is 22.0 Å². The van der Waals surface area contributed by atoms with Gasteiger partial charge in [0.05, 0.1) is 19.2 Å². The highest BCUT2D eigenvalue weighted by atomic mass is 16.5. The molecule has 3 aromatic carbocycles. The third-order valence-electron chi connectivity index (χ3n) is 5.43. The largest absolute Gasteiger partial charge is 0.508 e. The predicted octanol–water partition coefficient (Wildman–Crippen LogP) is 5.93. The van der Waals surface area contributed by atoms with E-state index >= 15 is 0 Å². The van der Waals surface area contributed by atoms with Gasteiger partial charge in [-0.2, -0.15) is 0 Å². The number of rotatable bonds is 6. The summed E-state index contributed by atoms with van der Waals surface area (Å²) in [4.78, 5) is 17.7. The summed E-state index contributed by atoms with van der Waals surface area (Å²) in [6, 6.07) is 19.5. The molecule has 33 heavy (non-hydrogen) atoms. The van der Waals surface area contributed by atoms with Gasteiger partial charge in [0.25, 0.3) is 0 Å². The molecule has 0 aliphatic rings. The number of phenolic OH excluding ortho intramolecular Hbond substituents is 1. The molecule has 0 aliphatic heterocycles. The molecule has 0 spiro atoms. The van der Waals surface area contributed by atoms with Crippen molar-refractivity contribution in [2.45, 2.75) is 33.8 Å². The highest BCUT2D eigenvalue weighted by molar-refractivity contribution is 6.11. The van der Waals surface area contributed by atoms with Crippen LogP contribution in [0.4, 0.5) is 0 Å². The lowest BCUT2D eigenvalue weighted by atomic mass is 9.94. The summed E-state index contributed by atoms with van der Waals surface area (Å²) in [5, 5.41) is 20.4. The van der Waals surface area contributed by atoms with Crippen LogP contribution >= 0.6 is 0 Å². The van der Waals surface area contributed by atoms with Crippen molar-refractivity contribution in [3.8, 4) is 22.8 Å². The number of fused-ring (bicyclic) bond motifs is 1. The molecule has 0 radical (unpaired) electrons. The molecule has 0 saturated heterocycles. The summed E-state index contributed by atoms with van der Waals surface area (Å²) in [6.45, 7) is 5.91. The van der Waals surface area contributed by atoms with Crippen molar-refractivity contribution < 1.29 is 19.7 Å². The van der Waals surface area contributed by atoms with Gasteiger partial charge in [-0.3, -0.25) is 4.79 Å². The molecular weight excluding hydrogens is 414 g/mol. The molecule has 170 valence electrons. The van der Waals surface area contributed by atoms with E-state index in [1.165, 1.54) is 0 Å². The van der Waals surface area contributed by atoms with Crippen molar-refractivity contribution in [2.75, 3.05) is 7.11 Å². The Morgan fingerprint density at radius 3 is 2.33 bits per heavy atom. The van der Waals surface area contributed by atoms with Crippen molar-refractivity contribution in [1.29, 1.82) is 0 Å². The topological polar surface area (TPSA) is 79.7 Å². The van der Waals surface area contributed by atoms with Gasteiger partial charge < -0.3 is 14.9 Å². The maximum Gasteiger partial charge on any atom is 0.214 e. The second-order valence-corrected chi connectivity index (χ2v) is 7.32. The fourth-order valence-electron chi connectivity index (χ4n) is 3.79. The first kappa shape index (κ1) is 24.0. The number of pyridine rings is 1. The smallest absolute Gasteiger partial charge is 0.214 e. The monoisotopic (exact) mass is 443 g/mol. The van der Waals surface area contributed by atoms with E-state index in [1.54, 1.807) is 55.6 Å². The minimum absolute atomic E-state index is 0.104. The number of methoxy groups -OCH3 is 1. The number of benzene rings is 3. The first-order valence-corrected chi connectivity index (χ1v) is 11.1. The third-order valence-corrected chi connectivity index (χ3v) is 5.43. The van der Waals surface area contributed by atoms with Crippen LogP contribution in [0, 0.1) is 0 Å². The number of ether oxygens (including phenoxy) is 1. The number of aromatic hydroxyl groups is 1. The van der Waals surface area contributed by atoms with Crippen LogP contribution in [0.1, 0.15) is 47.8 Å². The number of phenols is 1. The predicted molar refractivity (Wildman–Crippen MR) is 132 cm³/mol. The first-order valence-electron chi connectivity index (χ1n) is 11.1. The summed E-state index contributed by atoms with van der Waals surface area (Å²) < 4.78 is 5.34. The molecular formula is C28H29NO4. The maximum absolute atomic E-state index is 13.2. The summed E-state index contributed by atoms with van der Waals surface area (Å²) in [5.41, 5.74) is 5.14. The van der Waals surface area contributed by atoms with Gasteiger partial charge in [0.15, 0.2) is 5.78 Å². The molecule has 1 heterocycles. The Kier molecular flexibility index (Phi) is 7.80. The average molecular weight is 444 g/mol. The summed E-state index contributed by atoms with van der Waals surface area (Å²) in [6.07, 6.45) is 0.793. The number of aromatic nitrogens is 1. The Hall–Kier alpha value is -3.70. The van der Waals surface area contributed by atoms with Crippen LogP contribution in [0.2, 0.25) is 0 Å². The lowest BCUT2D eigenvalue weighted by Gasteiger charge is -2.12. The van der Waals surface area contributed by atoms with Gasteiger partial charge in [0.1, 0.15) is 5.75 Å². The fraction of sp³-hybridized carbons (Fsp3) is 0.214. The quantitative estimate of drug-likeness (QED) is 0.361. The van der Waals surface area contributed by atoms with E-state index in [4.69, 9.17) is 4.74 Å². The van der Waals surface area contributed by atoms with E-state index < -0.39 is 0 Å². The Morgan fingerprint density at radius 1 is 0.939 bits per heavy atom. The normalized spacial score (nSPS) is 10.5. The van der Waals surface area contributed by atoms with E-state index in [0.29, 0.717) is 22.5 Å². The van der Waals surface area contributed by atoms with Crippen molar-refractivity contribution in [3.05, 3.63) is 89.0 Å². The molecule has 5 nitrogen and oxygen atoms in total. The van der Waals surface area contributed by atoms with Crippen LogP contribution in [0.15, 0.2) is 66.7 Å². The summed E-state index contributed by atoms with van der Waals surface area (Å²) >= 11 is 0. The van der Waals surface area contributed by atoms with Gasteiger partial charge in [-0.15, -0.1) is 0 Å². The number of hydrogen-bond donors (Lipinski definition) is 2. The van der Waals surface area contributed by atoms with Crippen LogP contribution in [-0.2, 0) is 13.0 Å². The molecule has 4 rings (SSSR count). The molecule has 0 amide bonds. The minimum atomic E-state index is -0.128. The maximum atomic E-state index is 13.2. The first-order chi connectivity index (χ1) is 16.0. The highest BCUT2D eigenvalue weighted by Gasteiger charge is 2.15. The molecule has 4 aromatic rings. The summed E-state index contributed by atoms with van der Waals surface area (Å²) in [7, 11) is 1.55. The van der Waals surface area contributed by atoms with Crippen molar-refractivity contribution in [2.24, 2.45) is 0 Å². The SMILES string of the molecule is CC.CCc1ccc(C(=O)c2ccc3nc(OC)cc(-c4cccc(O)c4)c3c2)cc1CO. The lowest BCUT2D eigenvalue weighted by Crippen LogP contribution is -2.04. The van der Waals surface area contributed by atoms with E-state index in [9.17, 15) is 15.0 Å². The van der Waals surface area contributed by atoms with Gasteiger partial charge in [-0.25, -0.2) is 4.98 Å². The van der Waals surface area contributed by atoms with Gasteiger partial charge in [-0.05, 0) is 65.1 Å². The standard InChI is InChI=1S/C26H23NO4.C2H6/c1-3-16-7-8-18(11-20(16)15-28)26(30)19-9-10-24-23(13-19)22(14-25(27-24)31-2)17-5-4-6-21(29)12-17;1-2/h4-14,28-29H,3,15H2,1-2H3;1-2H3. The van der Waals surface area contributed by atoms with Crippen molar-refractivity contribution >= 4 is 16.7 Å². The Morgan fingerprint density at radius 2 is 1.67 bits per heavy atom. The number of nitrogens with zero attached hydrogens (tertiary/aromatic N) is 1. The molecule has 0 fully saturated rings. The molecule has 0 unspecified atom stereocenters. The second kappa shape index (κ2) is 10.7. The zero-order valence-electron chi connectivity index (χ0n) is 19.4. The second-order valence-electron chi connectivity index (χ2n) is 7.32. The minimum Gasteiger partial charge on any atom is -0.508 e. The van der Waals surface area contributed by atoms with Crippen LogP contribution in [0.3, 0.4) is 0 Å². The average Bonchev–Trinajstić information content (AvgIpc) is 2.87. The zero-order valence-corrected chi connectivity index (χ0v) is 19.4. The number of ketones is 1. The Labute approximate surface area is 194 Å². The van der Waals surface area contributed by atoms with E-state index in [-0.39, 0.29) is 18.1 Å². The summed E-state index contributed by atoms with van der Waals surface area (Å²) in [5.74, 6) is 0.478. The van der Waals surface area contributed by atoms with Gasteiger partial charge in [0.2, 0.25) is 5.88 Å². The van der Waals surface area contributed by atoms with Crippen molar-refractivity contribution in [3.63, 3.8) is 0 Å². The van der Waals surface area contributed by atoms with E-state index in [1.807, 2.05) is 39.0 Å². The molecule has 0 aliphatic carbocycles. The fourth-order valence-corrected chi connectivity index (χ4v) is 3.79. The van der Waals surface area contributed by atoms with Gasteiger partial charge in [-0.1, -0.05) is 45.0 Å². The number of carbonyl (C=O) groups is 1. The number of aliphatic hydroxyl groups is 1. The molecule has 5 heteroatoms. The van der Waals surface area contributed by atoms with Crippen LogP contribution in [0.5, 0.6) is 11.6 Å². The number of aliphatic hydroxyl groups excluding tert-OH is 1. The van der Waals surface area contributed by atoms with Crippen molar-refractivity contribution in [1.82, 2.24) is 4.98 Å². The molecule has 2 N–H and O–H groups in total.